The van der Waals surface area contributed by atoms with Crippen LogP contribution in [-0.4, -0.2) is 47.7 Å². The second kappa shape index (κ2) is 6.44. The number of carboxylic acids is 1. The van der Waals surface area contributed by atoms with Crippen LogP contribution in [0.4, 0.5) is 4.79 Å². The monoisotopic (exact) mass is 243 g/mol. The minimum atomic E-state index is -0.824. The van der Waals surface area contributed by atoms with E-state index in [1.807, 2.05) is 0 Å². The number of amides is 2. The molecule has 0 aromatic rings. The lowest BCUT2D eigenvalue weighted by molar-refractivity contribution is -0.138. The number of rotatable bonds is 5. The maximum absolute atomic E-state index is 11.2. The maximum Gasteiger partial charge on any atom is 0.314 e. The summed E-state index contributed by atoms with van der Waals surface area (Å²) in [7, 11) is 0. The molecule has 17 heavy (non-hydrogen) atoms. The van der Waals surface area contributed by atoms with Crippen LogP contribution in [0.2, 0.25) is 0 Å². The fourth-order valence-electron chi connectivity index (χ4n) is 2.27. The average Bonchev–Trinajstić information content (AvgIpc) is 2.25. The Labute approximate surface area is 101 Å². The van der Waals surface area contributed by atoms with Crippen LogP contribution in [0.15, 0.2) is 0 Å². The first-order valence-corrected chi connectivity index (χ1v) is 6.02. The summed E-state index contributed by atoms with van der Waals surface area (Å²) in [6.07, 6.45) is 1.89. The van der Waals surface area contributed by atoms with Gasteiger partial charge in [-0.25, -0.2) is 4.79 Å². The van der Waals surface area contributed by atoms with Crippen LogP contribution in [0.5, 0.6) is 0 Å². The second-order valence-corrected chi connectivity index (χ2v) is 4.59. The summed E-state index contributed by atoms with van der Waals surface area (Å²) in [5.41, 5.74) is 5.26. The Balaban J connectivity index is 2.55. The molecular formula is C11H21N3O3. The van der Waals surface area contributed by atoms with E-state index in [4.69, 9.17) is 10.8 Å². The molecule has 0 radical (unpaired) electrons. The summed E-state index contributed by atoms with van der Waals surface area (Å²) in [5, 5.41) is 12.1. The molecule has 98 valence electrons. The molecule has 6 heteroatoms. The molecule has 4 N–H and O–H groups in total. The quantitative estimate of drug-likeness (QED) is 0.644. The zero-order valence-electron chi connectivity index (χ0n) is 10.2. The van der Waals surface area contributed by atoms with Crippen molar-refractivity contribution in [3.63, 3.8) is 0 Å². The van der Waals surface area contributed by atoms with Gasteiger partial charge >= 0.3 is 12.0 Å². The summed E-state index contributed by atoms with van der Waals surface area (Å²) in [5.74, 6) is -0.835. The molecule has 1 saturated heterocycles. The predicted molar refractivity (Wildman–Crippen MR) is 63.6 cm³/mol. The first kappa shape index (κ1) is 13.8. The molecule has 0 aromatic heterocycles. The smallest absolute Gasteiger partial charge is 0.314 e. The van der Waals surface area contributed by atoms with Crippen molar-refractivity contribution in [2.45, 2.75) is 32.2 Å². The fraction of sp³-hybridized carbons (Fsp3) is 0.818. The van der Waals surface area contributed by atoms with Gasteiger partial charge in [0.1, 0.15) is 0 Å². The van der Waals surface area contributed by atoms with Crippen LogP contribution in [0.1, 0.15) is 26.2 Å². The van der Waals surface area contributed by atoms with Crippen LogP contribution in [0.25, 0.3) is 0 Å². The van der Waals surface area contributed by atoms with Crippen LogP contribution in [-0.2, 0) is 4.79 Å². The Hall–Kier alpha value is -1.30. The van der Waals surface area contributed by atoms with E-state index in [1.165, 1.54) is 4.90 Å². The fourth-order valence-corrected chi connectivity index (χ4v) is 2.27. The summed E-state index contributed by atoms with van der Waals surface area (Å²) in [4.78, 5) is 23.4. The molecule has 1 aliphatic heterocycles. The van der Waals surface area contributed by atoms with Gasteiger partial charge in [-0.05, 0) is 25.3 Å². The zero-order valence-corrected chi connectivity index (χ0v) is 10.2. The molecular weight excluding hydrogens is 222 g/mol. The maximum atomic E-state index is 11.2. The van der Waals surface area contributed by atoms with E-state index in [-0.39, 0.29) is 18.4 Å². The number of nitrogens with two attached hydrogens (primary N) is 1. The summed E-state index contributed by atoms with van der Waals surface area (Å²) < 4.78 is 0. The predicted octanol–water partition coefficient (Wildman–Crippen LogP) is 0.230. The molecule has 0 aromatic carbocycles. The van der Waals surface area contributed by atoms with Crippen molar-refractivity contribution in [2.75, 3.05) is 19.6 Å². The molecule has 0 saturated carbocycles. The average molecular weight is 243 g/mol. The molecule has 1 fully saturated rings. The number of carbonyl (C=O) groups excluding carboxylic acids is 1. The molecule has 0 spiro atoms. The lowest BCUT2D eigenvalue weighted by atomic mass is 9.91. The van der Waals surface area contributed by atoms with E-state index in [1.54, 1.807) is 0 Å². The highest BCUT2D eigenvalue weighted by atomic mass is 16.4. The molecule has 2 amide bonds. The normalized spacial score (nSPS) is 24.6. The van der Waals surface area contributed by atoms with Gasteiger partial charge in [0.25, 0.3) is 0 Å². The van der Waals surface area contributed by atoms with Gasteiger partial charge in [0.05, 0.1) is 0 Å². The SMILES string of the molecule is CCCNC1CC(CC(=O)O)CN(C(N)=O)C1. The van der Waals surface area contributed by atoms with E-state index in [0.29, 0.717) is 13.1 Å². The Bertz CT molecular complexity index is 283. The number of carboxylic acid groups (broad SMARTS) is 1. The third-order valence-corrected chi connectivity index (χ3v) is 3.00. The largest absolute Gasteiger partial charge is 0.481 e. The third-order valence-electron chi connectivity index (χ3n) is 3.00. The van der Waals surface area contributed by atoms with Crippen LogP contribution in [0.3, 0.4) is 0 Å². The number of urea groups is 1. The van der Waals surface area contributed by atoms with Gasteiger partial charge in [-0.15, -0.1) is 0 Å². The van der Waals surface area contributed by atoms with Crippen molar-refractivity contribution >= 4 is 12.0 Å². The second-order valence-electron chi connectivity index (χ2n) is 4.59. The van der Waals surface area contributed by atoms with E-state index >= 15 is 0 Å². The minimum Gasteiger partial charge on any atom is -0.481 e. The van der Waals surface area contributed by atoms with Crippen molar-refractivity contribution in [2.24, 2.45) is 11.7 Å². The molecule has 1 heterocycles. The van der Waals surface area contributed by atoms with Crippen molar-refractivity contribution in [3.05, 3.63) is 0 Å². The standard InChI is InChI=1S/C11H21N3O3/c1-2-3-13-9-4-8(5-10(15)16)6-14(7-9)11(12)17/h8-9,13H,2-7H2,1H3,(H2,12,17)(H,15,16). The van der Waals surface area contributed by atoms with Gasteiger partial charge in [-0.3, -0.25) is 4.79 Å². The van der Waals surface area contributed by atoms with Gasteiger partial charge in [0, 0.05) is 25.6 Å². The minimum absolute atomic E-state index is 0.0110. The van der Waals surface area contributed by atoms with Crippen molar-refractivity contribution in [1.82, 2.24) is 10.2 Å². The lowest BCUT2D eigenvalue weighted by Gasteiger charge is -2.36. The number of hydrogen-bond acceptors (Lipinski definition) is 3. The topological polar surface area (TPSA) is 95.7 Å². The summed E-state index contributed by atoms with van der Waals surface area (Å²) in [6, 6.07) is -0.316. The van der Waals surface area contributed by atoms with Crippen LogP contribution < -0.4 is 11.1 Å². The van der Waals surface area contributed by atoms with Crippen LogP contribution >= 0.6 is 0 Å². The van der Waals surface area contributed by atoms with E-state index in [0.717, 1.165) is 19.4 Å². The van der Waals surface area contributed by atoms with E-state index in [9.17, 15) is 9.59 Å². The third kappa shape index (κ3) is 4.60. The Morgan fingerprint density at radius 1 is 1.47 bits per heavy atom. The molecule has 0 aliphatic carbocycles. The Kier molecular flexibility index (Phi) is 5.21. The number of carbonyl (C=O) groups is 2. The highest BCUT2D eigenvalue weighted by Crippen LogP contribution is 2.20. The highest BCUT2D eigenvalue weighted by molar-refractivity contribution is 5.72. The summed E-state index contributed by atoms with van der Waals surface area (Å²) in [6.45, 7) is 3.96. The van der Waals surface area contributed by atoms with Gasteiger partial charge < -0.3 is 21.1 Å². The summed E-state index contributed by atoms with van der Waals surface area (Å²) >= 11 is 0. The highest BCUT2D eigenvalue weighted by Gasteiger charge is 2.29. The van der Waals surface area contributed by atoms with Crippen molar-refractivity contribution in [1.29, 1.82) is 0 Å². The number of nitrogens with one attached hydrogen (secondary N) is 1. The van der Waals surface area contributed by atoms with Crippen LogP contribution in [0, 0.1) is 5.92 Å². The van der Waals surface area contributed by atoms with Gasteiger partial charge in [0.2, 0.25) is 0 Å². The van der Waals surface area contributed by atoms with Gasteiger partial charge in [-0.2, -0.15) is 0 Å². The zero-order chi connectivity index (χ0) is 12.8. The molecule has 0 bridgehead atoms. The number of piperidine rings is 1. The lowest BCUT2D eigenvalue weighted by Crippen LogP contribution is -2.53. The first-order valence-electron chi connectivity index (χ1n) is 6.02. The molecule has 2 atom stereocenters. The van der Waals surface area contributed by atoms with Gasteiger partial charge in [0.15, 0.2) is 0 Å². The first-order chi connectivity index (χ1) is 8.02. The van der Waals surface area contributed by atoms with E-state index < -0.39 is 12.0 Å². The number of aliphatic carboxylic acids is 1. The number of likely N-dealkylation sites (tertiary alicyclic amines) is 1. The Morgan fingerprint density at radius 3 is 2.71 bits per heavy atom. The van der Waals surface area contributed by atoms with Gasteiger partial charge in [-0.1, -0.05) is 6.92 Å². The van der Waals surface area contributed by atoms with E-state index in [2.05, 4.69) is 12.2 Å². The number of hydrogen-bond donors (Lipinski definition) is 3. The molecule has 1 aliphatic rings. The van der Waals surface area contributed by atoms with Crippen molar-refractivity contribution in [3.8, 4) is 0 Å². The Morgan fingerprint density at radius 2 is 2.18 bits per heavy atom. The number of primary amides is 1. The number of nitrogens with zero attached hydrogens (tertiary/aromatic N) is 1. The van der Waals surface area contributed by atoms with Crippen molar-refractivity contribution < 1.29 is 14.7 Å². The molecule has 2 unspecified atom stereocenters. The molecule has 1 rings (SSSR count). The molecule has 6 nitrogen and oxygen atoms in total.